The minimum atomic E-state index is -3.64. The number of sulfonamides is 1. The lowest BCUT2D eigenvalue weighted by Gasteiger charge is -2.41. The van der Waals surface area contributed by atoms with Gasteiger partial charge in [-0.1, -0.05) is 18.5 Å². The van der Waals surface area contributed by atoms with Gasteiger partial charge in [-0.2, -0.15) is 4.98 Å². The molecule has 2 aromatic carbocycles. The van der Waals surface area contributed by atoms with Crippen molar-refractivity contribution in [2.24, 2.45) is 0 Å². The Balaban J connectivity index is 1.24. The lowest BCUT2D eigenvalue weighted by atomic mass is 10.00. The third kappa shape index (κ3) is 7.25. The molecule has 3 aliphatic heterocycles. The van der Waals surface area contributed by atoms with Crippen LogP contribution in [0.2, 0.25) is 5.02 Å². The Bertz CT molecular complexity index is 1700. The zero-order valence-corrected chi connectivity index (χ0v) is 28.8. The minimum Gasteiger partial charge on any atom is -0.494 e. The number of rotatable bonds is 10. The van der Waals surface area contributed by atoms with E-state index in [1.54, 1.807) is 19.2 Å². The van der Waals surface area contributed by atoms with Crippen molar-refractivity contribution in [1.82, 2.24) is 14.9 Å². The van der Waals surface area contributed by atoms with E-state index >= 15 is 0 Å². The molecule has 2 N–H and O–H groups in total. The highest BCUT2D eigenvalue weighted by Gasteiger charge is 2.29. The number of piperidine rings is 1. The molecule has 2 fully saturated rings. The van der Waals surface area contributed by atoms with E-state index in [-0.39, 0.29) is 29.1 Å². The Kier molecular flexibility index (Phi) is 10.0. The third-order valence-electron chi connectivity index (χ3n) is 8.89. The number of fused-ring (bicyclic) bond motifs is 1. The number of benzene rings is 2. The standard InChI is InChI=1S/C32H42ClN7O6S/c1-5-21-18-25(28(43-3)19-26(21)40-10-8-22(9-11-40)39-12-14-44-15-13-39)36-32-34-20-23(33)31(37-32)35-24-6-7-27-30(46-17-16-45-27)29(24)38(2)47(4,41)42/h6-7,18-20,22H,5,8-17H2,1-4H3,(H2,34,35,36,37). The van der Waals surface area contributed by atoms with Gasteiger partial charge in [-0.3, -0.25) is 9.21 Å². The van der Waals surface area contributed by atoms with Crippen LogP contribution in [-0.4, -0.2) is 102 Å². The Morgan fingerprint density at radius 1 is 1.04 bits per heavy atom. The molecule has 1 aromatic heterocycles. The number of anilines is 6. The van der Waals surface area contributed by atoms with E-state index in [0.717, 1.165) is 74.9 Å². The van der Waals surface area contributed by atoms with Gasteiger partial charge in [0, 0.05) is 51.0 Å². The van der Waals surface area contributed by atoms with Crippen LogP contribution in [0, 0.1) is 0 Å². The van der Waals surface area contributed by atoms with E-state index in [2.05, 4.69) is 49.5 Å². The van der Waals surface area contributed by atoms with Gasteiger partial charge in [-0.05, 0) is 43.0 Å². The number of hydrogen-bond donors (Lipinski definition) is 2. The molecule has 0 spiro atoms. The van der Waals surface area contributed by atoms with Gasteiger partial charge in [-0.15, -0.1) is 0 Å². The fraction of sp³-hybridized carbons (Fsp3) is 0.500. The predicted octanol–water partition coefficient (Wildman–Crippen LogP) is 4.66. The first-order valence-corrected chi connectivity index (χ1v) is 18.1. The molecule has 4 heterocycles. The van der Waals surface area contributed by atoms with E-state index in [1.165, 1.54) is 24.5 Å². The minimum absolute atomic E-state index is 0.246. The summed E-state index contributed by atoms with van der Waals surface area (Å²) in [5, 5.41) is 6.74. The van der Waals surface area contributed by atoms with Crippen molar-refractivity contribution in [2.45, 2.75) is 32.2 Å². The summed E-state index contributed by atoms with van der Waals surface area (Å²) in [5.41, 5.74) is 3.79. The second kappa shape index (κ2) is 14.2. The van der Waals surface area contributed by atoms with Crippen LogP contribution in [0.5, 0.6) is 17.2 Å². The topological polar surface area (TPSA) is 131 Å². The van der Waals surface area contributed by atoms with Crippen LogP contribution in [0.3, 0.4) is 0 Å². The van der Waals surface area contributed by atoms with E-state index < -0.39 is 10.0 Å². The van der Waals surface area contributed by atoms with Crippen molar-refractivity contribution in [1.29, 1.82) is 0 Å². The number of aromatic nitrogens is 2. The second-order valence-corrected chi connectivity index (χ2v) is 14.2. The number of nitrogens with one attached hydrogen (secondary N) is 2. The van der Waals surface area contributed by atoms with Crippen LogP contribution in [0.25, 0.3) is 0 Å². The molecule has 0 amide bonds. The summed E-state index contributed by atoms with van der Waals surface area (Å²) in [5.74, 6) is 2.00. The van der Waals surface area contributed by atoms with Crippen LogP contribution in [-0.2, 0) is 21.2 Å². The van der Waals surface area contributed by atoms with Crippen LogP contribution >= 0.6 is 11.6 Å². The van der Waals surface area contributed by atoms with E-state index in [4.69, 9.17) is 30.5 Å². The molecule has 0 radical (unpaired) electrons. The highest BCUT2D eigenvalue weighted by Crippen LogP contribution is 2.46. The van der Waals surface area contributed by atoms with Gasteiger partial charge < -0.3 is 34.5 Å². The van der Waals surface area contributed by atoms with Crippen LogP contribution < -0.4 is 34.0 Å². The summed E-state index contributed by atoms with van der Waals surface area (Å²) >= 11 is 6.54. The summed E-state index contributed by atoms with van der Waals surface area (Å²) in [7, 11) is -0.536. The molecule has 2 saturated heterocycles. The van der Waals surface area contributed by atoms with E-state index in [0.29, 0.717) is 35.6 Å². The number of hydrogen-bond acceptors (Lipinski definition) is 12. The van der Waals surface area contributed by atoms with Crippen molar-refractivity contribution < 1.29 is 27.4 Å². The Hall–Kier alpha value is -3.72. The molecule has 6 rings (SSSR count). The van der Waals surface area contributed by atoms with Gasteiger partial charge in [0.25, 0.3) is 0 Å². The van der Waals surface area contributed by atoms with Gasteiger partial charge in [0.15, 0.2) is 17.3 Å². The smallest absolute Gasteiger partial charge is 0.232 e. The van der Waals surface area contributed by atoms with Crippen molar-refractivity contribution in [2.75, 3.05) is 92.9 Å². The molecular weight excluding hydrogens is 646 g/mol. The van der Waals surface area contributed by atoms with Crippen LogP contribution in [0.15, 0.2) is 30.5 Å². The quantitative estimate of drug-likeness (QED) is 0.308. The van der Waals surface area contributed by atoms with Crippen molar-refractivity contribution in [3.8, 4) is 17.2 Å². The summed E-state index contributed by atoms with van der Waals surface area (Å²) in [6.45, 7) is 8.43. The molecule has 13 nitrogen and oxygen atoms in total. The number of morpholine rings is 1. The van der Waals surface area contributed by atoms with Gasteiger partial charge >= 0.3 is 0 Å². The first-order chi connectivity index (χ1) is 22.7. The van der Waals surface area contributed by atoms with Crippen LogP contribution in [0.4, 0.5) is 34.5 Å². The molecule has 0 bridgehead atoms. The lowest BCUT2D eigenvalue weighted by molar-refractivity contribution is 0.0115. The number of aryl methyl sites for hydroxylation is 1. The highest BCUT2D eigenvalue weighted by molar-refractivity contribution is 7.92. The van der Waals surface area contributed by atoms with Gasteiger partial charge in [-0.25, -0.2) is 13.4 Å². The van der Waals surface area contributed by atoms with Crippen molar-refractivity contribution in [3.05, 3.63) is 41.0 Å². The maximum absolute atomic E-state index is 12.6. The second-order valence-electron chi connectivity index (χ2n) is 11.8. The summed E-state index contributed by atoms with van der Waals surface area (Å²) in [4.78, 5) is 14.1. The molecule has 3 aliphatic rings. The molecule has 15 heteroatoms. The van der Waals surface area contributed by atoms with Gasteiger partial charge in [0.2, 0.25) is 16.0 Å². The Morgan fingerprint density at radius 3 is 2.49 bits per heavy atom. The first kappa shape index (κ1) is 33.2. The zero-order chi connectivity index (χ0) is 33.1. The molecule has 0 aliphatic carbocycles. The molecule has 47 heavy (non-hydrogen) atoms. The van der Waals surface area contributed by atoms with Gasteiger partial charge in [0.05, 0.1) is 44.2 Å². The van der Waals surface area contributed by atoms with Crippen molar-refractivity contribution >= 4 is 56.1 Å². The lowest BCUT2D eigenvalue weighted by Crippen LogP contribution is -2.49. The molecule has 254 valence electrons. The number of halogens is 1. The monoisotopic (exact) mass is 687 g/mol. The average Bonchev–Trinajstić information content (AvgIpc) is 3.09. The largest absolute Gasteiger partial charge is 0.494 e. The van der Waals surface area contributed by atoms with Gasteiger partial charge in [0.1, 0.15) is 29.7 Å². The Morgan fingerprint density at radius 2 is 1.79 bits per heavy atom. The molecule has 0 saturated carbocycles. The predicted molar refractivity (Wildman–Crippen MR) is 184 cm³/mol. The number of nitrogens with zero attached hydrogens (tertiary/aromatic N) is 5. The maximum atomic E-state index is 12.6. The third-order valence-corrected chi connectivity index (χ3v) is 10.3. The number of methoxy groups -OCH3 is 1. The Labute approximate surface area is 281 Å². The first-order valence-electron chi connectivity index (χ1n) is 15.9. The zero-order valence-electron chi connectivity index (χ0n) is 27.2. The SMILES string of the molecule is CCc1cc(Nc2ncc(Cl)c(Nc3ccc4c(c3N(C)S(C)(=O)=O)OCCO4)n2)c(OC)cc1N1CCC(N2CCOCC2)CC1. The summed E-state index contributed by atoms with van der Waals surface area (Å²) < 4.78 is 49.2. The van der Waals surface area contributed by atoms with E-state index in [1.807, 2.05) is 0 Å². The molecule has 3 aromatic rings. The maximum Gasteiger partial charge on any atom is 0.232 e. The summed E-state index contributed by atoms with van der Waals surface area (Å²) in [6, 6.07) is 8.20. The molecular formula is C32H42ClN7O6S. The fourth-order valence-corrected chi connectivity index (χ4v) is 6.97. The van der Waals surface area contributed by atoms with Crippen molar-refractivity contribution in [3.63, 3.8) is 0 Å². The molecule has 0 unspecified atom stereocenters. The van der Waals surface area contributed by atoms with Crippen LogP contribution in [0.1, 0.15) is 25.3 Å². The number of ether oxygens (including phenoxy) is 4. The highest BCUT2D eigenvalue weighted by atomic mass is 35.5. The average molecular weight is 688 g/mol. The fourth-order valence-electron chi connectivity index (χ4n) is 6.32. The summed E-state index contributed by atoms with van der Waals surface area (Å²) in [6.07, 6.45) is 5.68. The normalized spacial score (nSPS) is 17.3. The molecule has 0 atom stereocenters. The van der Waals surface area contributed by atoms with E-state index in [9.17, 15) is 8.42 Å².